The van der Waals surface area contributed by atoms with E-state index in [1.807, 2.05) is 0 Å². The van der Waals surface area contributed by atoms with Crippen molar-refractivity contribution in [3.63, 3.8) is 0 Å². The first kappa shape index (κ1) is 3.34. The van der Waals surface area contributed by atoms with Gasteiger partial charge in [-0.15, -0.1) is 6.26 Å². The molecule has 0 atom stereocenters. The maximum atomic E-state index is 8.87. The van der Waals surface area contributed by atoms with Crippen molar-refractivity contribution >= 4 is 0 Å². The van der Waals surface area contributed by atoms with Gasteiger partial charge in [0, 0.05) is 0 Å². The number of aliphatic hydroxyl groups excluding tert-OH is 1. The summed E-state index contributed by atoms with van der Waals surface area (Å²) in [4.78, 5) is 0. The average Bonchev–Trinajstić information content (AvgIpc) is 1.37. The predicted molar refractivity (Wildman–Crippen MR) is 11.8 cm³/mol. The van der Waals surface area contributed by atoms with Gasteiger partial charge in [-0.1, -0.05) is 0 Å². The Bertz CT molecular complexity index is 19.2. The summed E-state index contributed by atoms with van der Waals surface area (Å²) in [6.07, 6.45) is 0.750. The van der Waals surface area contributed by atoms with Gasteiger partial charge in [-0.25, -0.2) is 0 Å². The topological polar surface area (TPSA) is 43.3 Å². The second kappa shape index (κ2) is 2.34. The summed E-state index contributed by atoms with van der Waals surface area (Å²) in [7, 11) is 0. The number of aliphatic hydroxyl groups is 1. The molecule has 24 valence electrons. The van der Waals surface area contributed by atoms with Gasteiger partial charge in [0.05, 0.1) is 6.26 Å². The fraction of sp³-hybridized carbons (Fsp3) is 0. The third-order valence-electron chi connectivity index (χ3n) is 0.0609. The van der Waals surface area contributed by atoms with E-state index in [0.717, 1.165) is 0 Å². The van der Waals surface area contributed by atoms with Crippen LogP contribution in [0.1, 0.15) is 0 Å². The summed E-state index contributed by atoms with van der Waals surface area (Å²) < 4.78 is 0. The maximum absolute atomic E-state index is 8.87. The van der Waals surface area contributed by atoms with Crippen molar-refractivity contribution in [1.29, 1.82) is 0 Å². The maximum Gasteiger partial charge on any atom is 0.0640 e. The quantitative estimate of drug-likeness (QED) is 0.378. The molecule has 0 bridgehead atoms. The molecular formula is C2H3O2-. The lowest BCUT2D eigenvalue weighted by atomic mass is 11.1. The van der Waals surface area contributed by atoms with Crippen molar-refractivity contribution in [1.82, 2.24) is 0 Å². The number of hydrogen-bond donors (Lipinski definition) is 1. The molecule has 4 heavy (non-hydrogen) atoms. The highest BCUT2D eigenvalue weighted by atomic mass is 16.3. The summed E-state index contributed by atoms with van der Waals surface area (Å²) in [5.41, 5.74) is 0. The molecule has 0 fully saturated rings. The zero-order valence-electron chi connectivity index (χ0n) is 2.01. The van der Waals surface area contributed by atoms with E-state index in [0.29, 0.717) is 12.5 Å². The molecule has 0 heterocycles. The lowest BCUT2D eigenvalue weighted by Crippen LogP contribution is -1.82. The first-order chi connectivity index (χ1) is 1.91. The van der Waals surface area contributed by atoms with E-state index in [1.165, 1.54) is 0 Å². The van der Waals surface area contributed by atoms with Crippen molar-refractivity contribution in [2.75, 3.05) is 0 Å². The highest BCUT2D eigenvalue weighted by Crippen LogP contribution is 1.37. The van der Waals surface area contributed by atoms with E-state index in [2.05, 4.69) is 0 Å². The summed E-state index contributed by atoms with van der Waals surface area (Å²) in [5.74, 6) is 0. The van der Waals surface area contributed by atoms with Crippen LogP contribution in [-0.2, 0) is 0 Å². The zero-order valence-corrected chi connectivity index (χ0v) is 2.01. The van der Waals surface area contributed by atoms with Gasteiger partial charge in [-0.05, 0) is 0 Å². The van der Waals surface area contributed by atoms with Crippen LogP contribution < -0.4 is 5.11 Å². The molecule has 0 saturated carbocycles. The van der Waals surface area contributed by atoms with Crippen molar-refractivity contribution in [2.24, 2.45) is 0 Å². The monoisotopic (exact) mass is 59.0 g/mol. The molecular weight excluding hydrogens is 56.0 g/mol. The van der Waals surface area contributed by atoms with E-state index in [-0.39, 0.29) is 0 Å². The summed E-state index contributed by atoms with van der Waals surface area (Å²) in [5, 5.41) is 16.2. The summed E-state index contributed by atoms with van der Waals surface area (Å²) in [6, 6.07) is 0. The van der Waals surface area contributed by atoms with E-state index in [9.17, 15) is 0 Å². The van der Waals surface area contributed by atoms with Gasteiger partial charge in [-0.3, -0.25) is 0 Å². The lowest BCUT2D eigenvalue weighted by Gasteiger charge is -1.75. The molecule has 0 aliphatic carbocycles. The largest absolute Gasteiger partial charge is 0.876 e. The fourth-order valence-electron chi connectivity index (χ4n) is 0. The van der Waals surface area contributed by atoms with E-state index in [1.54, 1.807) is 0 Å². The molecule has 0 rings (SSSR count). The van der Waals surface area contributed by atoms with Crippen LogP contribution in [0.25, 0.3) is 0 Å². The third kappa shape index (κ3) is 1.34. The standard InChI is InChI=1S/C2H4O2/c3-1-2-4/h1-4H/p-1/b2-1-. The molecule has 0 aliphatic rings. The Morgan fingerprint density at radius 1 is 1.75 bits per heavy atom. The van der Waals surface area contributed by atoms with Gasteiger partial charge >= 0.3 is 0 Å². The normalized spacial score (nSPS) is 9.00. The van der Waals surface area contributed by atoms with Crippen molar-refractivity contribution in [3.8, 4) is 0 Å². The Hall–Kier alpha value is -0.660. The Labute approximate surface area is 24.0 Å². The molecule has 0 amide bonds. The van der Waals surface area contributed by atoms with Crippen molar-refractivity contribution < 1.29 is 10.2 Å². The van der Waals surface area contributed by atoms with Gasteiger partial charge in [-0.2, -0.15) is 0 Å². The minimum Gasteiger partial charge on any atom is -0.876 e. The molecule has 0 unspecified atom stereocenters. The van der Waals surface area contributed by atoms with Crippen LogP contribution >= 0.6 is 0 Å². The van der Waals surface area contributed by atoms with E-state index < -0.39 is 0 Å². The Morgan fingerprint density at radius 3 is 2.00 bits per heavy atom. The van der Waals surface area contributed by atoms with Crippen molar-refractivity contribution in [2.45, 2.75) is 0 Å². The Morgan fingerprint density at radius 2 is 2.00 bits per heavy atom. The molecule has 0 spiro atoms. The molecule has 0 aliphatic heterocycles. The van der Waals surface area contributed by atoms with Crippen LogP contribution in [-0.4, -0.2) is 5.11 Å². The molecule has 0 aromatic carbocycles. The van der Waals surface area contributed by atoms with Crippen LogP contribution in [0, 0.1) is 0 Å². The molecule has 2 nitrogen and oxygen atoms in total. The first-order valence-corrected chi connectivity index (χ1v) is 0.827. The van der Waals surface area contributed by atoms with Crippen molar-refractivity contribution in [3.05, 3.63) is 12.5 Å². The first-order valence-electron chi connectivity index (χ1n) is 0.827. The fourth-order valence-corrected chi connectivity index (χ4v) is 0. The predicted octanol–water partition coefficient (Wildman–Crippen LogP) is -0.624. The van der Waals surface area contributed by atoms with Crippen LogP contribution in [0.3, 0.4) is 0 Å². The molecule has 2 heteroatoms. The SMILES string of the molecule is [O-]/C=C\O. The Kier molecular flexibility index (Phi) is 1.95. The van der Waals surface area contributed by atoms with Crippen LogP contribution in [0.15, 0.2) is 12.5 Å². The second-order valence-corrected chi connectivity index (χ2v) is 0.285. The number of hydrogen-bond acceptors (Lipinski definition) is 2. The van der Waals surface area contributed by atoms with Crippen LogP contribution in [0.4, 0.5) is 0 Å². The van der Waals surface area contributed by atoms with Crippen LogP contribution in [0.5, 0.6) is 0 Å². The minimum absolute atomic E-state index is 0.306. The smallest absolute Gasteiger partial charge is 0.0640 e. The molecule has 0 aromatic heterocycles. The number of rotatable bonds is 0. The van der Waals surface area contributed by atoms with E-state index >= 15 is 0 Å². The highest BCUT2D eigenvalue weighted by Gasteiger charge is 1.22. The average molecular weight is 59.0 g/mol. The summed E-state index contributed by atoms with van der Waals surface area (Å²) in [6.45, 7) is 0. The lowest BCUT2D eigenvalue weighted by molar-refractivity contribution is -0.277. The van der Waals surface area contributed by atoms with Gasteiger partial charge < -0.3 is 10.2 Å². The zero-order chi connectivity index (χ0) is 3.41. The van der Waals surface area contributed by atoms with Gasteiger partial charge in [0.2, 0.25) is 0 Å². The highest BCUT2D eigenvalue weighted by molar-refractivity contribution is 4.47. The van der Waals surface area contributed by atoms with Gasteiger partial charge in [0.15, 0.2) is 0 Å². The third-order valence-corrected chi connectivity index (χ3v) is 0.0609. The molecule has 0 aromatic rings. The van der Waals surface area contributed by atoms with Crippen LogP contribution in [0.2, 0.25) is 0 Å². The molecule has 1 N–H and O–H groups in total. The van der Waals surface area contributed by atoms with Gasteiger partial charge in [0.25, 0.3) is 0 Å². The molecule has 0 saturated heterocycles. The minimum atomic E-state index is 0.306. The van der Waals surface area contributed by atoms with Gasteiger partial charge in [0.1, 0.15) is 0 Å². The second-order valence-electron chi connectivity index (χ2n) is 0.285. The van der Waals surface area contributed by atoms with E-state index in [4.69, 9.17) is 10.2 Å². The Balaban J connectivity index is 2.55. The summed E-state index contributed by atoms with van der Waals surface area (Å²) >= 11 is 0. The molecule has 0 radical (unpaired) electrons.